The fraction of sp³-hybridized carbons (Fsp3) is 0. The van der Waals surface area contributed by atoms with Gasteiger partial charge in [-0.2, -0.15) is 10.5 Å². The van der Waals surface area contributed by atoms with Crippen LogP contribution in [0.5, 0.6) is 23.0 Å². The second kappa shape index (κ2) is 8.35. The Bertz CT molecular complexity index is 1250. The van der Waals surface area contributed by atoms with E-state index in [1.807, 2.05) is 36.4 Å². The molecule has 4 nitrogen and oxygen atoms in total. The lowest BCUT2D eigenvalue weighted by atomic mass is 10.1. The highest BCUT2D eigenvalue weighted by molar-refractivity contribution is 6.32. The molecular weight excluding hydrogens is 419 g/mol. The molecular formula is C24H12Cl2N2O2. The summed E-state index contributed by atoms with van der Waals surface area (Å²) in [5.41, 5.74) is 0.558. The molecule has 0 saturated carbocycles. The SMILES string of the molecule is N#Cc1c(Cl)cccc1Oc1ccc2ccc(Oc3cccc(Cl)c3C#N)cc2c1. The van der Waals surface area contributed by atoms with Crippen molar-refractivity contribution in [2.45, 2.75) is 0 Å². The van der Waals surface area contributed by atoms with Crippen LogP contribution in [0.1, 0.15) is 11.1 Å². The van der Waals surface area contributed by atoms with Crippen molar-refractivity contribution in [2.75, 3.05) is 0 Å². The van der Waals surface area contributed by atoms with Crippen LogP contribution in [0.3, 0.4) is 0 Å². The summed E-state index contributed by atoms with van der Waals surface area (Å²) in [4.78, 5) is 0. The van der Waals surface area contributed by atoms with Crippen molar-refractivity contribution in [1.29, 1.82) is 10.5 Å². The van der Waals surface area contributed by atoms with Crippen LogP contribution in [0.25, 0.3) is 10.8 Å². The molecule has 0 saturated heterocycles. The first-order valence-electron chi connectivity index (χ1n) is 8.86. The van der Waals surface area contributed by atoms with Gasteiger partial charge in [0.2, 0.25) is 0 Å². The Hall–Kier alpha value is -3.70. The van der Waals surface area contributed by atoms with Gasteiger partial charge < -0.3 is 9.47 Å². The number of hydrogen-bond acceptors (Lipinski definition) is 4. The molecule has 4 aromatic rings. The van der Waals surface area contributed by atoms with E-state index in [2.05, 4.69) is 12.1 Å². The second-order valence-corrected chi connectivity index (χ2v) is 7.14. The highest BCUT2D eigenvalue weighted by Gasteiger charge is 2.11. The molecule has 0 aliphatic carbocycles. The second-order valence-electron chi connectivity index (χ2n) is 6.32. The highest BCUT2D eigenvalue weighted by Crippen LogP contribution is 2.34. The van der Waals surface area contributed by atoms with Crippen LogP contribution in [0.15, 0.2) is 72.8 Å². The first-order valence-corrected chi connectivity index (χ1v) is 9.61. The first-order chi connectivity index (χ1) is 14.6. The summed E-state index contributed by atoms with van der Waals surface area (Å²) in [6.07, 6.45) is 0. The molecule has 0 fully saturated rings. The van der Waals surface area contributed by atoms with E-state index in [9.17, 15) is 10.5 Å². The average Bonchev–Trinajstić information content (AvgIpc) is 2.74. The van der Waals surface area contributed by atoms with Gasteiger partial charge in [-0.3, -0.25) is 0 Å². The molecule has 0 heterocycles. The maximum atomic E-state index is 9.32. The van der Waals surface area contributed by atoms with Crippen LogP contribution >= 0.6 is 23.2 Å². The quantitative estimate of drug-likeness (QED) is 0.336. The highest BCUT2D eigenvalue weighted by atomic mass is 35.5. The Morgan fingerprint density at radius 3 is 1.50 bits per heavy atom. The van der Waals surface area contributed by atoms with E-state index < -0.39 is 0 Å². The van der Waals surface area contributed by atoms with Gasteiger partial charge in [0.15, 0.2) is 0 Å². The maximum Gasteiger partial charge on any atom is 0.146 e. The Kier molecular flexibility index (Phi) is 5.46. The first kappa shape index (κ1) is 19.6. The number of ether oxygens (including phenoxy) is 2. The minimum absolute atomic E-state index is 0.279. The van der Waals surface area contributed by atoms with E-state index >= 15 is 0 Å². The molecule has 6 heteroatoms. The lowest BCUT2D eigenvalue weighted by Gasteiger charge is -2.11. The molecule has 0 unspecified atom stereocenters. The minimum atomic E-state index is 0.279. The van der Waals surface area contributed by atoms with Crippen LogP contribution < -0.4 is 9.47 Å². The van der Waals surface area contributed by atoms with Gasteiger partial charge in [0.1, 0.15) is 46.3 Å². The number of hydrogen-bond donors (Lipinski definition) is 0. The van der Waals surface area contributed by atoms with Crippen molar-refractivity contribution < 1.29 is 9.47 Å². The maximum absolute atomic E-state index is 9.32. The number of nitriles is 2. The van der Waals surface area contributed by atoms with Crippen LogP contribution in [0, 0.1) is 22.7 Å². The summed E-state index contributed by atoms with van der Waals surface area (Å²) in [7, 11) is 0. The molecule has 4 aromatic carbocycles. The predicted molar refractivity (Wildman–Crippen MR) is 116 cm³/mol. The van der Waals surface area contributed by atoms with Crippen molar-refractivity contribution in [3.8, 4) is 35.1 Å². The number of nitrogens with zero attached hydrogens (tertiary/aromatic N) is 2. The lowest BCUT2D eigenvalue weighted by Crippen LogP contribution is -1.90. The molecule has 0 amide bonds. The summed E-state index contributed by atoms with van der Waals surface area (Å²) in [5.74, 6) is 1.88. The molecule has 0 radical (unpaired) electrons. The normalized spacial score (nSPS) is 10.3. The van der Waals surface area contributed by atoms with E-state index in [0.29, 0.717) is 33.0 Å². The smallest absolute Gasteiger partial charge is 0.146 e. The largest absolute Gasteiger partial charge is 0.456 e. The van der Waals surface area contributed by atoms with E-state index in [0.717, 1.165) is 10.8 Å². The molecule has 0 spiro atoms. The van der Waals surface area contributed by atoms with E-state index in [4.69, 9.17) is 32.7 Å². The summed E-state index contributed by atoms with van der Waals surface area (Å²) in [6.45, 7) is 0. The third-order valence-corrected chi connectivity index (χ3v) is 5.04. The third kappa shape index (κ3) is 3.88. The van der Waals surface area contributed by atoms with Crippen molar-refractivity contribution in [2.24, 2.45) is 0 Å². The van der Waals surface area contributed by atoms with Crippen molar-refractivity contribution in [3.05, 3.63) is 94.0 Å². The van der Waals surface area contributed by atoms with Gasteiger partial charge in [-0.1, -0.05) is 47.5 Å². The molecule has 30 heavy (non-hydrogen) atoms. The van der Waals surface area contributed by atoms with Gasteiger partial charge in [-0.25, -0.2) is 0 Å². The lowest BCUT2D eigenvalue weighted by molar-refractivity contribution is 0.480. The minimum Gasteiger partial charge on any atom is -0.456 e. The molecule has 0 bridgehead atoms. The summed E-state index contributed by atoms with van der Waals surface area (Å²) < 4.78 is 11.8. The molecule has 4 rings (SSSR count). The Morgan fingerprint density at radius 2 is 1.07 bits per heavy atom. The van der Waals surface area contributed by atoms with Crippen molar-refractivity contribution >= 4 is 34.0 Å². The standard InChI is InChI=1S/C24H12Cl2N2O2/c25-21-3-1-5-23(19(21)13-27)29-17-9-7-15-8-10-18(12-16(15)11-17)30-24-6-2-4-22(26)20(24)14-28/h1-12H. The summed E-state index contributed by atoms with van der Waals surface area (Å²) in [5, 5.41) is 21.2. The number of benzene rings is 4. The van der Waals surface area contributed by atoms with Gasteiger partial charge in [0.05, 0.1) is 10.0 Å². The molecule has 0 N–H and O–H groups in total. The fourth-order valence-electron chi connectivity index (χ4n) is 2.98. The van der Waals surface area contributed by atoms with Crippen molar-refractivity contribution in [1.82, 2.24) is 0 Å². The number of fused-ring (bicyclic) bond motifs is 1. The van der Waals surface area contributed by atoms with E-state index in [-0.39, 0.29) is 11.1 Å². The zero-order valence-electron chi connectivity index (χ0n) is 15.4. The Morgan fingerprint density at radius 1 is 0.600 bits per heavy atom. The predicted octanol–water partition coefficient (Wildman–Crippen LogP) is 7.47. The summed E-state index contributed by atoms with van der Waals surface area (Å²) >= 11 is 12.1. The fourth-order valence-corrected chi connectivity index (χ4v) is 3.40. The zero-order valence-corrected chi connectivity index (χ0v) is 16.9. The molecule has 144 valence electrons. The van der Waals surface area contributed by atoms with Gasteiger partial charge in [-0.05, 0) is 59.3 Å². The third-order valence-electron chi connectivity index (χ3n) is 4.41. The van der Waals surface area contributed by atoms with Crippen molar-refractivity contribution in [3.63, 3.8) is 0 Å². The van der Waals surface area contributed by atoms with E-state index in [1.54, 1.807) is 36.4 Å². The van der Waals surface area contributed by atoms with Gasteiger partial charge in [0, 0.05) is 0 Å². The average molecular weight is 431 g/mol. The van der Waals surface area contributed by atoms with Crippen LogP contribution in [-0.2, 0) is 0 Å². The summed E-state index contributed by atoms with van der Waals surface area (Å²) in [6, 6.07) is 25.4. The Labute approximate surface area is 183 Å². The van der Waals surface area contributed by atoms with Gasteiger partial charge in [-0.15, -0.1) is 0 Å². The van der Waals surface area contributed by atoms with E-state index in [1.165, 1.54) is 0 Å². The van der Waals surface area contributed by atoms with Crippen LogP contribution in [0.4, 0.5) is 0 Å². The number of halogens is 2. The monoisotopic (exact) mass is 430 g/mol. The number of rotatable bonds is 4. The van der Waals surface area contributed by atoms with Crippen LogP contribution in [0.2, 0.25) is 10.0 Å². The van der Waals surface area contributed by atoms with Crippen LogP contribution in [-0.4, -0.2) is 0 Å². The molecule has 0 atom stereocenters. The van der Waals surface area contributed by atoms with Gasteiger partial charge in [0.25, 0.3) is 0 Å². The molecule has 0 aliphatic heterocycles. The zero-order chi connectivity index (χ0) is 21.1. The van der Waals surface area contributed by atoms with Gasteiger partial charge >= 0.3 is 0 Å². The molecule has 0 aromatic heterocycles. The molecule has 0 aliphatic rings. The Balaban J connectivity index is 1.67. The topological polar surface area (TPSA) is 66.0 Å².